The van der Waals surface area contributed by atoms with E-state index in [1.165, 1.54) is 0 Å². The van der Waals surface area contributed by atoms with Crippen LogP contribution in [0.3, 0.4) is 0 Å². The third kappa shape index (κ3) is 3.32. The van der Waals surface area contributed by atoms with Crippen molar-refractivity contribution in [1.29, 1.82) is 0 Å². The van der Waals surface area contributed by atoms with E-state index in [0.717, 1.165) is 16.3 Å². The number of aliphatic hydroxyl groups excluding tert-OH is 1. The molecule has 4 nitrogen and oxygen atoms in total. The van der Waals surface area contributed by atoms with Gasteiger partial charge >= 0.3 is 0 Å². The zero-order chi connectivity index (χ0) is 16.9. The van der Waals surface area contributed by atoms with Gasteiger partial charge in [-0.3, -0.25) is 4.79 Å². The van der Waals surface area contributed by atoms with Crippen molar-refractivity contribution in [3.8, 4) is 0 Å². The van der Waals surface area contributed by atoms with Crippen molar-refractivity contribution >= 4 is 22.3 Å². The maximum Gasteiger partial charge on any atom is 0.168 e. The fourth-order valence-electron chi connectivity index (χ4n) is 3.09. The summed E-state index contributed by atoms with van der Waals surface area (Å²) in [5.41, 5.74) is 1.91. The molecule has 0 heterocycles. The van der Waals surface area contributed by atoms with Crippen LogP contribution in [-0.2, 0) is 16.1 Å². The van der Waals surface area contributed by atoms with Crippen molar-refractivity contribution in [2.24, 2.45) is 5.16 Å². The van der Waals surface area contributed by atoms with Gasteiger partial charge < -0.3 is 9.94 Å². The Morgan fingerprint density at radius 3 is 2.75 bits per heavy atom. The minimum atomic E-state index is -0.0579. The number of oxime groups is 1. The number of hydrogen-bond acceptors (Lipinski definition) is 4. The molecule has 4 heteroatoms. The lowest BCUT2D eigenvalue weighted by Crippen LogP contribution is -2.21. The Bertz CT molecular complexity index is 815. The molecule has 0 aliphatic heterocycles. The molecule has 0 bridgehead atoms. The lowest BCUT2D eigenvalue weighted by Gasteiger charge is -2.17. The Morgan fingerprint density at radius 1 is 1.17 bits per heavy atom. The van der Waals surface area contributed by atoms with E-state index >= 15 is 0 Å². The van der Waals surface area contributed by atoms with Crippen molar-refractivity contribution in [3.05, 3.63) is 59.4 Å². The third-order valence-corrected chi connectivity index (χ3v) is 4.22. The smallest absolute Gasteiger partial charge is 0.168 e. The number of ketones is 1. The summed E-state index contributed by atoms with van der Waals surface area (Å²) in [5, 5.41) is 16.6. The number of nitrogens with zero attached hydrogens (tertiary/aromatic N) is 1. The lowest BCUT2D eigenvalue weighted by atomic mass is 9.89. The molecule has 1 N–H and O–H groups in total. The molecular formula is C20H21NO3. The van der Waals surface area contributed by atoms with Crippen LogP contribution < -0.4 is 0 Å². The molecule has 0 atom stereocenters. The summed E-state index contributed by atoms with van der Waals surface area (Å²) >= 11 is 0. The maximum absolute atomic E-state index is 12.3. The minimum Gasteiger partial charge on any atom is -0.511 e. The SMILES string of the molecule is CCON=C(Cc1cccc2ccccc12)C1=C(O)CCCC1=O. The van der Waals surface area contributed by atoms with Gasteiger partial charge in [-0.15, -0.1) is 0 Å². The highest BCUT2D eigenvalue weighted by atomic mass is 16.6. The molecular weight excluding hydrogens is 302 g/mol. The van der Waals surface area contributed by atoms with Gasteiger partial charge in [-0.1, -0.05) is 47.6 Å². The molecule has 0 amide bonds. The number of carbonyl (C=O) groups is 1. The summed E-state index contributed by atoms with van der Waals surface area (Å²) in [4.78, 5) is 17.5. The summed E-state index contributed by atoms with van der Waals surface area (Å²) in [6, 6.07) is 14.2. The van der Waals surface area contributed by atoms with E-state index in [9.17, 15) is 9.90 Å². The first-order valence-electron chi connectivity index (χ1n) is 8.32. The Balaban J connectivity index is 2.03. The number of aliphatic hydroxyl groups is 1. The Morgan fingerprint density at radius 2 is 1.96 bits per heavy atom. The van der Waals surface area contributed by atoms with Gasteiger partial charge in [-0.05, 0) is 29.7 Å². The highest BCUT2D eigenvalue weighted by Gasteiger charge is 2.26. The summed E-state index contributed by atoms with van der Waals surface area (Å²) in [7, 11) is 0. The molecule has 0 saturated heterocycles. The van der Waals surface area contributed by atoms with Gasteiger partial charge in [0.1, 0.15) is 12.4 Å². The topological polar surface area (TPSA) is 58.9 Å². The van der Waals surface area contributed by atoms with Crippen molar-refractivity contribution in [3.63, 3.8) is 0 Å². The van der Waals surface area contributed by atoms with Gasteiger partial charge in [0.2, 0.25) is 0 Å². The number of fused-ring (bicyclic) bond motifs is 1. The predicted octanol–water partition coefficient (Wildman–Crippen LogP) is 4.34. The zero-order valence-corrected chi connectivity index (χ0v) is 13.8. The van der Waals surface area contributed by atoms with E-state index in [4.69, 9.17) is 4.84 Å². The average molecular weight is 323 g/mol. The Hall–Kier alpha value is -2.62. The first-order chi connectivity index (χ1) is 11.7. The summed E-state index contributed by atoms with van der Waals surface area (Å²) in [6.07, 6.45) is 2.10. The second kappa shape index (κ2) is 7.30. The second-order valence-electron chi connectivity index (χ2n) is 5.87. The second-order valence-corrected chi connectivity index (χ2v) is 5.87. The van der Waals surface area contributed by atoms with Gasteiger partial charge in [-0.25, -0.2) is 0 Å². The first kappa shape index (κ1) is 16.2. The van der Waals surface area contributed by atoms with Crippen LogP contribution in [0.4, 0.5) is 0 Å². The molecule has 124 valence electrons. The third-order valence-electron chi connectivity index (χ3n) is 4.22. The molecule has 0 fully saturated rings. The number of allylic oxidation sites excluding steroid dienone is 2. The minimum absolute atomic E-state index is 0.0579. The van der Waals surface area contributed by atoms with E-state index in [-0.39, 0.29) is 11.5 Å². The molecule has 0 saturated carbocycles. The quantitative estimate of drug-likeness (QED) is 0.658. The number of rotatable bonds is 5. The van der Waals surface area contributed by atoms with Crippen molar-refractivity contribution in [1.82, 2.24) is 0 Å². The number of carbonyl (C=O) groups excluding carboxylic acids is 1. The van der Waals surface area contributed by atoms with Gasteiger partial charge in [-0.2, -0.15) is 0 Å². The monoisotopic (exact) mass is 323 g/mol. The molecule has 2 aromatic rings. The average Bonchev–Trinajstić information content (AvgIpc) is 2.59. The van der Waals surface area contributed by atoms with Crippen LogP contribution in [-0.4, -0.2) is 23.2 Å². The molecule has 2 aromatic carbocycles. The molecule has 1 aliphatic carbocycles. The van der Waals surface area contributed by atoms with Crippen molar-refractivity contribution < 1.29 is 14.7 Å². The van der Waals surface area contributed by atoms with Crippen LogP contribution in [0.15, 0.2) is 59.0 Å². The molecule has 0 spiro atoms. The predicted molar refractivity (Wildman–Crippen MR) is 95.2 cm³/mol. The summed E-state index contributed by atoms with van der Waals surface area (Å²) in [6.45, 7) is 2.26. The lowest BCUT2D eigenvalue weighted by molar-refractivity contribution is -0.115. The van der Waals surface area contributed by atoms with Gasteiger partial charge in [0.25, 0.3) is 0 Å². The molecule has 24 heavy (non-hydrogen) atoms. The van der Waals surface area contributed by atoms with Crippen molar-refractivity contribution in [2.45, 2.75) is 32.6 Å². The summed E-state index contributed by atoms with van der Waals surface area (Å²) in [5.74, 6) is 0.0716. The molecule has 1 aliphatic rings. The maximum atomic E-state index is 12.3. The highest BCUT2D eigenvalue weighted by molar-refractivity contribution is 6.23. The van der Waals surface area contributed by atoms with Gasteiger partial charge in [0.05, 0.1) is 11.3 Å². The fraction of sp³-hybridized carbons (Fsp3) is 0.300. The van der Waals surface area contributed by atoms with Crippen molar-refractivity contribution in [2.75, 3.05) is 6.61 Å². The van der Waals surface area contributed by atoms with Crippen LogP contribution in [0, 0.1) is 0 Å². The van der Waals surface area contributed by atoms with Crippen LogP contribution in [0.2, 0.25) is 0 Å². The normalized spacial score (nSPS) is 15.9. The van der Waals surface area contributed by atoms with Crippen LogP contribution >= 0.6 is 0 Å². The molecule has 3 rings (SSSR count). The van der Waals surface area contributed by atoms with Crippen LogP contribution in [0.5, 0.6) is 0 Å². The molecule has 0 aromatic heterocycles. The van der Waals surface area contributed by atoms with E-state index in [1.54, 1.807) is 0 Å². The van der Waals surface area contributed by atoms with E-state index in [2.05, 4.69) is 23.4 Å². The van der Waals surface area contributed by atoms with E-state index in [0.29, 0.717) is 43.6 Å². The zero-order valence-electron chi connectivity index (χ0n) is 13.8. The van der Waals surface area contributed by atoms with Crippen LogP contribution in [0.25, 0.3) is 10.8 Å². The van der Waals surface area contributed by atoms with Gasteiger partial charge in [0, 0.05) is 19.3 Å². The van der Waals surface area contributed by atoms with E-state index < -0.39 is 0 Å². The first-order valence-corrected chi connectivity index (χ1v) is 8.32. The highest BCUT2D eigenvalue weighted by Crippen LogP contribution is 2.25. The standard InChI is InChI=1S/C20H21NO3/c1-2-24-21-17(20-18(22)11-6-12-19(20)23)13-15-9-5-8-14-7-3-4-10-16(14)15/h3-5,7-10,22H,2,6,11-13H2,1H3. The number of benzene rings is 2. The van der Waals surface area contributed by atoms with Crippen LogP contribution in [0.1, 0.15) is 31.7 Å². The summed E-state index contributed by atoms with van der Waals surface area (Å²) < 4.78 is 0. The number of Topliss-reactive ketones (excluding diaryl/α,β-unsaturated/α-hetero) is 1. The Labute approximate surface area is 141 Å². The van der Waals surface area contributed by atoms with Gasteiger partial charge in [0.15, 0.2) is 5.78 Å². The molecule has 0 radical (unpaired) electrons. The number of hydrogen-bond donors (Lipinski definition) is 1. The molecule has 0 unspecified atom stereocenters. The largest absolute Gasteiger partial charge is 0.511 e. The fourth-order valence-corrected chi connectivity index (χ4v) is 3.09. The van der Waals surface area contributed by atoms with E-state index in [1.807, 2.05) is 31.2 Å². The Kier molecular flexibility index (Phi) is 4.94.